The van der Waals surface area contributed by atoms with Gasteiger partial charge < -0.3 is 4.90 Å². The van der Waals surface area contributed by atoms with Crippen LogP contribution in [-0.2, 0) is 6.54 Å². The van der Waals surface area contributed by atoms with Gasteiger partial charge in [0.25, 0.3) is 0 Å². The van der Waals surface area contributed by atoms with Gasteiger partial charge in [-0.3, -0.25) is 0 Å². The highest BCUT2D eigenvalue weighted by Gasteiger charge is 2.27. The Kier molecular flexibility index (Phi) is 5.42. The third-order valence-electron chi connectivity index (χ3n) is 3.95. The number of rotatable bonds is 1. The normalized spacial score (nSPS) is 17.3. The SMILES string of the molecule is C#Cc1cccc([C@@H]2CN(C)Cc3c(Cl)cc(Cl)cc32)c1.Cl. The van der Waals surface area contributed by atoms with Crippen molar-refractivity contribution in [3.05, 3.63) is 68.7 Å². The van der Waals surface area contributed by atoms with Gasteiger partial charge in [-0.2, -0.15) is 0 Å². The van der Waals surface area contributed by atoms with Gasteiger partial charge in [0.05, 0.1) is 0 Å². The molecule has 0 aromatic heterocycles. The monoisotopic (exact) mass is 351 g/mol. The van der Waals surface area contributed by atoms with Crippen molar-refractivity contribution in [1.29, 1.82) is 0 Å². The molecule has 0 radical (unpaired) electrons. The minimum absolute atomic E-state index is 0. The van der Waals surface area contributed by atoms with Gasteiger partial charge in [0.2, 0.25) is 0 Å². The van der Waals surface area contributed by atoms with Crippen molar-refractivity contribution in [3.8, 4) is 12.3 Å². The summed E-state index contributed by atoms with van der Waals surface area (Å²) >= 11 is 12.6. The van der Waals surface area contributed by atoms with Crippen molar-refractivity contribution < 1.29 is 0 Å². The number of likely N-dealkylation sites (N-methyl/N-ethyl adjacent to an activating group) is 1. The lowest BCUT2D eigenvalue weighted by Gasteiger charge is -2.33. The van der Waals surface area contributed by atoms with Crippen LogP contribution in [0.25, 0.3) is 0 Å². The molecule has 22 heavy (non-hydrogen) atoms. The van der Waals surface area contributed by atoms with Crippen LogP contribution in [0.15, 0.2) is 36.4 Å². The van der Waals surface area contributed by atoms with Gasteiger partial charge >= 0.3 is 0 Å². The Morgan fingerprint density at radius 2 is 2.00 bits per heavy atom. The number of hydrogen-bond acceptors (Lipinski definition) is 1. The molecular weight excluding hydrogens is 337 g/mol. The van der Waals surface area contributed by atoms with Crippen molar-refractivity contribution in [2.24, 2.45) is 0 Å². The van der Waals surface area contributed by atoms with Crippen molar-refractivity contribution >= 4 is 35.6 Å². The fraction of sp³-hybridized carbons (Fsp3) is 0.222. The van der Waals surface area contributed by atoms with E-state index in [9.17, 15) is 0 Å². The molecular formula is C18H16Cl3N. The number of terminal acetylenes is 1. The zero-order valence-electron chi connectivity index (χ0n) is 12.1. The first-order valence-electron chi connectivity index (χ1n) is 6.81. The van der Waals surface area contributed by atoms with E-state index < -0.39 is 0 Å². The Hall–Kier alpha value is -1.17. The summed E-state index contributed by atoms with van der Waals surface area (Å²) in [5.74, 6) is 2.94. The number of fused-ring (bicyclic) bond motifs is 1. The summed E-state index contributed by atoms with van der Waals surface area (Å²) in [5, 5.41) is 1.42. The fourth-order valence-corrected chi connectivity index (χ4v) is 3.54. The lowest BCUT2D eigenvalue weighted by molar-refractivity contribution is 0.295. The van der Waals surface area contributed by atoms with E-state index in [1.807, 2.05) is 24.3 Å². The molecule has 1 aliphatic rings. The Balaban J connectivity index is 0.00000176. The van der Waals surface area contributed by atoms with Crippen LogP contribution in [0.2, 0.25) is 10.0 Å². The van der Waals surface area contributed by atoms with E-state index in [4.69, 9.17) is 29.6 Å². The molecule has 0 unspecified atom stereocenters. The number of benzene rings is 2. The number of hydrogen-bond donors (Lipinski definition) is 0. The molecule has 3 rings (SSSR count). The summed E-state index contributed by atoms with van der Waals surface area (Å²) in [4.78, 5) is 2.27. The number of nitrogens with zero attached hydrogens (tertiary/aromatic N) is 1. The second-order valence-corrected chi connectivity index (χ2v) is 6.32. The second kappa shape index (κ2) is 6.94. The third-order valence-corrected chi connectivity index (χ3v) is 4.50. The van der Waals surface area contributed by atoms with Crippen LogP contribution in [-0.4, -0.2) is 18.5 Å². The van der Waals surface area contributed by atoms with E-state index in [2.05, 4.69) is 30.0 Å². The first-order valence-corrected chi connectivity index (χ1v) is 7.57. The molecule has 0 saturated carbocycles. The van der Waals surface area contributed by atoms with E-state index in [-0.39, 0.29) is 18.3 Å². The lowest BCUT2D eigenvalue weighted by Crippen LogP contribution is -2.31. The van der Waals surface area contributed by atoms with Crippen LogP contribution in [0, 0.1) is 12.3 Å². The predicted molar refractivity (Wildman–Crippen MR) is 96.3 cm³/mol. The molecule has 0 spiro atoms. The maximum Gasteiger partial charge on any atom is 0.0468 e. The molecule has 114 valence electrons. The van der Waals surface area contributed by atoms with Crippen LogP contribution < -0.4 is 0 Å². The van der Waals surface area contributed by atoms with Gasteiger partial charge in [0.1, 0.15) is 0 Å². The minimum atomic E-state index is 0. The molecule has 0 fully saturated rings. The van der Waals surface area contributed by atoms with Crippen molar-refractivity contribution in [1.82, 2.24) is 4.90 Å². The molecule has 2 aromatic rings. The Bertz CT molecular complexity index is 734. The Morgan fingerprint density at radius 3 is 2.73 bits per heavy atom. The molecule has 0 N–H and O–H groups in total. The van der Waals surface area contributed by atoms with Gasteiger partial charge in [-0.25, -0.2) is 0 Å². The first-order chi connectivity index (χ1) is 10.1. The minimum Gasteiger partial charge on any atom is -0.301 e. The van der Waals surface area contributed by atoms with Crippen molar-refractivity contribution in [3.63, 3.8) is 0 Å². The maximum absolute atomic E-state index is 6.38. The van der Waals surface area contributed by atoms with Gasteiger partial charge in [-0.15, -0.1) is 18.8 Å². The zero-order valence-corrected chi connectivity index (χ0v) is 14.5. The van der Waals surface area contributed by atoms with Crippen LogP contribution in [0.5, 0.6) is 0 Å². The summed E-state index contributed by atoms with van der Waals surface area (Å²) in [6.07, 6.45) is 5.52. The van der Waals surface area contributed by atoms with Crippen LogP contribution in [0.3, 0.4) is 0 Å². The van der Waals surface area contributed by atoms with E-state index in [1.165, 1.54) is 11.1 Å². The van der Waals surface area contributed by atoms with Gasteiger partial charge in [-0.1, -0.05) is 41.3 Å². The standard InChI is InChI=1S/C18H15Cl2N.ClH/c1-3-12-5-4-6-13(7-12)16-10-21(2)11-17-15(16)8-14(19)9-18(17)20;/h1,4-9,16H,10-11H2,2H3;1H/t16-;/m0./s1. The van der Waals surface area contributed by atoms with E-state index in [0.717, 1.165) is 29.2 Å². The van der Waals surface area contributed by atoms with Crippen LogP contribution in [0.4, 0.5) is 0 Å². The molecule has 0 aliphatic carbocycles. The quantitative estimate of drug-likeness (QED) is 0.655. The topological polar surface area (TPSA) is 3.24 Å². The molecule has 0 amide bonds. The Morgan fingerprint density at radius 1 is 1.23 bits per heavy atom. The summed E-state index contributed by atoms with van der Waals surface area (Å²) in [7, 11) is 2.10. The average molecular weight is 353 g/mol. The van der Waals surface area contributed by atoms with Crippen LogP contribution >= 0.6 is 35.6 Å². The van der Waals surface area contributed by atoms with Crippen LogP contribution in [0.1, 0.15) is 28.2 Å². The van der Waals surface area contributed by atoms with Crippen molar-refractivity contribution in [2.75, 3.05) is 13.6 Å². The zero-order chi connectivity index (χ0) is 15.0. The highest BCUT2D eigenvalue weighted by Crippen LogP contribution is 2.38. The summed E-state index contributed by atoms with van der Waals surface area (Å²) in [5.41, 5.74) is 4.47. The van der Waals surface area contributed by atoms with E-state index >= 15 is 0 Å². The lowest BCUT2D eigenvalue weighted by atomic mass is 9.84. The third kappa shape index (κ3) is 3.26. The molecule has 0 saturated heterocycles. The maximum atomic E-state index is 6.38. The smallest absolute Gasteiger partial charge is 0.0468 e. The molecule has 1 nitrogen and oxygen atoms in total. The molecule has 4 heteroatoms. The highest BCUT2D eigenvalue weighted by atomic mass is 35.5. The summed E-state index contributed by atoms with van der Waals surface area (Å²) < 4.78 is 0. The van der Waals surface area contributed by atoms with Gasteiger partial charge in [0, 0.05) is 34.6 Å². The molecule has 2 aromatic carbocycles. The molecule has 1 heterocycles. The predicted octanol–water partition coefficient (Wildman–Crippen LogP) is 4.97. The molecule has 1 atom stereocenters. The first kappa shape index (κ1) is 17.2. The van der Waals surface area contributed by atoms with Gasteiger partial charge in [0.15, 0.2) is 0 Å². The average Bonchev–Trinajstić information content (AvgIpc) is 2.47. The van der Waals surface area contributed by atoms with E-state index in [0.29, 0.717) is 5.02 Å². The fourth-order valence-electron chi connectivity index (χ4n) is 2.98. The van der Waals surface area contributed by atoms with E-state index in [1.54, 1.807) is 0 Å². The molecule has 1 aliphatic heterocycles. The summed E-state index contributed by atoms with van der Waals surface area (Å²) in [6.45, 7) is 1.77. The Labute approximate surface area is 147 Å². The highest BCUT2D eigenvalue weighted by molar-refractivity contribution is 6.35. The van der Waals surface area contributed by atoms with Gasteiger partial charge in [-0.05, 0) is 48.0 Å². The summed E-state index contributed by atoms with van der Waals surface area (Å²) in [6, 6.07) is 12.0. The molecule has 0 bridgehead atoms. The van der Waals surface area contributed by atoms with Crippen molar-refractivity contribution in [2.45, 2.75) is 12.5 Å². The second-order valence-electron chi connectivity index (χ2n) is 5.47. The number of halogens is 3. The largest absolute Gasteiger partial charge is 0.301 e.